The van der Waals surface area contributed by atoms with Gasteiger partial charge in [0.2, 0.25) is 5.43 Å². The van der Waals surface area contributed by atoms with Gasteiger partial charge in [-0.05, 0) is 48.8 Å². The van der Waals surface area contributed by atoms with Gasteiger partial charge >= 0.3 is 0 Å². The lowest BCUT2D eigenvalue weighted by atomic mass is 9.62. The van der Waals surface area contributed by atoms with Crippen LogP contribution in [0.2, 0.25) is 0 Å². The number of nitrogens with zero attached hydrogens (tertiary/aromatic N) is 4. The van der Waals surface area contributed by atoms with Crippen LogP contribution in [0.25, 0.3) is 0 Å². The highest BCUT2D eigenvalue weighted by Crippen LogP contribution is 2.54. The highest BCUT2D eigenvalue weighted by molar-refractivity contribution is 5.96. The zero-order valence-electron chi connectivity index (χ0n) is 22.4. The monoisotopic (exact) mass is 560 g/mol. The summed E-state index contributed by atoms with van der Waals surface area (Å²) in [4.78, 5) is 30.3. The van der Waals surface area contributed by atoms with Crippen molar-refractivity contribution < 1.29 is 23.4 Å². The molecule has 0 radical (unpaired) electrons. The molecule has 10 heteroatoms. The summed E-state index contributed by atoms with van der Waals surface area (Å²) in [5.41, 5.74) is 1.91. The standard InChI is InChI=1S/C31H30F2N4O4/c32-20-7-6-19-25(26(20)33)22-17-41-15-14-34(22)21-5-2-1-4-18(21)27(19)37-24-16-31(9-3-10-31)11-13-35(24)30(40)28-29(39)23(38)8-12-36(28)37/h1-2,4-8,12,22,24,27,39H,3,9-11,13-17H2. The quantitative estimate of drug-likeness (QED) is 0.481. The molecule has 3 atom stereocenters. The Morgan fingerprint density at radius 2 is 1.78 bits per heavy atom. The lowest BCUT2D eigenvalue weighted by Gasteiger charge is -2.58. The van der Waals surface area contributed by atoms with E-state index in [4.69, 9.17) is 4.74 Å². The number of rotatable bonds is 1. The van der Waals surface area contributed by atoms with Crippen molar-refractivity contribution in [1.29, 1.82) is 0 Å². The molecule has 2 aromatic carbocycles. The number of carbonyl (C=O) groups excluding carboxylic acids is 1. The summed E-state index contributed by atoms with van der Waals surface area (Å²) in [5, 5.41) is 13.0. The van der Waals surface area contributed by atoms with Crippen LogP contribution < -0.4 is 15.3 Å². The molecule has 1 saturated carbocycles. The summed E-state index contributed by atoms with van der Waals surface area (Å²) in [6, 6.07) is 10.7. The fraction of sp³-hybridized carbons (Fsp3) is 0.419. The second-order valence-electron chi connectivity index (χ2n) is 12.0. The predicted molar refractivity (Wildman–Crippen MR) is 146 cm³/mol. The number of hydrogen-bond donors (Lipinski definition) is 1. The molecule has 8 nitrogen and oxygen atoms in total. The van der Waals surface area contributed by atoms with Gasteiger partial charge in [-0.15, -0.1) is 0 Å². The minimum Gasteiger partial charge on any atom is -0.502 e. The van der Waals surface area contributed by atoms with E-state index in [1.807, 2.05) is 29.3 Å². The van der Waals surface area contributed by atoms with Gasteiger partial charge in [-0.25, -0.2) is 8.78 Å². The van der Waals surface area contributed by atoms with Crippen LogP contribution in [-0.4, -0.2) is 53.1 Å². The highest BCUT2D eigenvalue weighted by Gasteiger charge is 2.53. The number of halogens is 2. The molecule has 4 aliphatic heterocycles. The smallest absolute Gasteiger partial charge is 0.278 e. The molecular formula is C31H30F2N4O4. The van der Waals surface area contributed by atoms with Crippen molar-refractivity contribution in [2.24, 2.45) is 5.41 Å². The number of anilines is 1. The average molecular weight is 561 g/mol. The first kappa shape index (κ1) is 24.8. The van der Waals surface area contributed by atoms with E-state index in [1.165, 1.54) is 12.3 Å². The molecule has 8 rings (SSSR count). The van der Waals surface area contributed by atoms with Crippen molar-refractivity contribution in [1.82, 2.24) is 9.58 Å². The van der Waals surface area contributed by atoms with Crippen molar-refractivity contribution in [3.63, 3.8) is 0 Å². The molecule has 1 amide bonds. The van der Waals surface area contributed by atoms with Crippen LogP contribution in [0.3, 0.4) is 0 Å². The molecule has 0 bridgehead atoms. The summed E-state index contributed by atoms with van der Waals surface area (Å²) in [6.45, 7) is 1.65. The van der Waals surface area contributed by atoms with Crippen LogP contribution in [0, 0.1) is 17.0 Å². The Bertz CT molecular complexity index is 1650. The molecule has 1 N–H and O–H groups in total. The van der Waals surface area contributed by atoms with Crippen molar-refractivity contribution in [2.45, 2.75) is 50.4 Å². The lowest BCUT2D eigenvalue weighted by molar-refractivity contribution is -0.0165. The van der Waals surface area contributed by atoms with E-state index in [0.29, 0.717) is 31.7 Å². The van der Waals surface area contributed by atoms with E-state index < -0.39 is 47.0 Å². The fourth-order valence-corrected chi connectivity index (χ4v) is 7.92. The summed E-state index contributed by atoms with van der Waals surface area (Å²) in [6.07, 6.45) is 5.96. The molecule has 212 valence electrons. The van der Waals surface area contributed by atoms with E-state index >= 15 is 4.39 Å². The number of hydrogen-bond acceptors (Lipinski definition) is 6. The zero-order chi connectivity index (χ0) is 28.0. The molecule has 1 aromatic heterocycles. The number of piperidine rings is 1. The second-order valence-corrected chi connectivity index (χ2v) is 12.0. The molecule has 5 heterocycles. The topological polar surface area (TPSA) is 78.2 Å². The summed E-state index contributed by atoms with van der Waals surface area (Å²) in [7, 11) is 0. The van der Waals surface area contributed by atoms with E-state index in [-0.39, 0.29) is 23.3 Å². The molecule has 3 aromatic rings. The molecule has 3 fully saturated rings. The maximum atomic E-state index is 16.0. The largest absolute Gasteiger partial charge is 0.502 e. The average Bonchev–Trinajstić information content (AvgIpc) is 3.09. The first-order valence-corrected chi connectivity index (χ1v) is 14.3. The number of benzene rings is 2. The third kappa shape index (κ3) is 3.40. The van der Waals surface area contributed by atoms with Gasteiger partial charge in [0, 0.05) is 42.2 Å². The normalized spacial score (nSPS) is 25.9. The van der Waals surface area contributed by atoms with Crippen molar-refractivity contribution in [3.05, 3.63) is 92.9 Å². The molecule has 1 aliphatic carbocycles. The minimum atomic E-state index is -0.929. The van der Waals surface area contributed by atoms with Gasteiger partial charge in [-0.3, -0.25) is 19.3 Å². The van der Waals surface area contributed by atoms with Gasteiger partial charge in [-0.2, -0.15) is 0 Å². The van der Waals surface area contributed by atoms with Crippen molar-refractivity contribution in [2.75, 3.05) is 36.2 Å². The molecule has 41 heavy (non-hydrogen) atoms. The van der Waals surface area contributed by atoms with Gasteiger partial charge in [0.25, 0.3) is 5.91 Å². The Kier molecular flexibility index (Phi) is 5.32. The number of para-hydroxylation sites is 1. The van der Waals surface area contributed by atoms with Crippen LogP contribution in [0.4, 0.5) is 14.5 Å². The van der Waals surface area contributed by atoms with E-state index in [0.717, 1.165) is 43.0 Å². The maximum Gasteiger partial charge on any atom is 0.278 e. The van der Waals surface area contributed by atoms with E-state index in [1.54, 1.807) is 15.6 Å². The van der Waals surface area contributed by atoms with Gasteiger partial charge < -0.3 is 19.6 Å². The minimum absolute atomic E-state index is 0.102. The third-order valence-corrected chi connectivity index (χ3v) is 10.1. The number of carbonyl (C=O) groups is 1. The molecule has 3 unspecified atom stereocenters. The number of aromatic hydroxyl groups is 1. The number of pyridine rings is 1. The molecular weight excluding hydrogens is 530 g/mol. The number of fused-ring (bicyclic) bond motifs is 7. The number of amides is 1. The van der Waals surface area contributed by atoms with Crippen LogP contribution >= 0.6 is 0 Å². The molecule has 1 spiro atoms. The Morgan fingerprint density at radius 1 is 0.951 bits per heavy atom. The zero-order valence-corrected chi connectivity index (χ0v) is 22.4. The van der Waals surface area contributed by atoms with Crippen LogP contribution in [0.5, 0.6) is 5.75 Å². The second kappa shape index (κ2) is 8.79. The number of aromatic nitrogens is 1. The Hall–Kier alpha value is -3.92. The predicted octanol–water partition coefficient (Wildman–Crippen LogP) is 4.20. The Balaban J connectivity index is 1.44. The summed E-state index contributed by atoms with van der Waals surface area (Å²) < 4.78 is 38.3. The summed E-state index contributed by atoms with van der Waals surface area (Å²) >= 11 is 0. The molecule has 2 saturated heterocycles. The van der Waals surface area contributed by atoms with Crippen LogP contribution in [-0.2, 0) is 4.74 Å². The van der Waals surface area contributed by atoms with Gasteiger partial charge in [0.15, 0.2) is 23.1 Å². The van der Waals surface area contributed by atoms with Crippen LogP contribution in [0.15, 0.2) is 53.5 Å². The molecule has 5 aliphatic rings. The SMILES string of the molecule is O=C1c2c(O)c(=O)ccn2N(C2c3ccccc3N3CCOCC3c3c2ccc(F)c3F)C2CC3(CCC3)CCN12. The van der Waals surface area contributed by atoms with E-state index in [2.05, 4.69) is 4.90 Å². The Labute approximate surface area is 235 Å². The summed E-state index contributed by atoms with van der Waals surface area (Å²) in [5.74, 6) is -2.84. The van der Waals surface area contributed by atoms with Crippen molar-refractivity contribution >= 4 is 11.6 Å². The third-order valence-electron chi connectivity index (χ3n) is 10.1. The van der Waals surface area contributed by atoms with Gasteiger partial charge in [0.1, 0.15) is 12.2 Å². The van der Waals surface area contributed by atoms with Crippen LogP contribution in [0.1, 0.15) is 71.4 Å². The fourth-order valence-electron chi connectivity index (χ4n) is 7.92. The first-order valence-electron chi connectivity index (χ1n) is 14.3. The van der Waals surface area contributed by atoms with Gasteiger partial charge in [0.05, 0.1) is 19.3 Å². The van der Waals surface area contributed by atoms with E-state index in [9.17, 15) is 19.1 Å². The van der Waals surface area contributed by atoms with Gasteiger partial charge in [-0.1, -0.05) is 30.7 Å². The number of ether oxygens (including phenoxy) is 1. The highest BCUT2D eigenvalue weighted by atomic mass is 19.2. The Morgan fingerprint density at radius 3 is 2.59 bits per heavy atom. The van der Waals surface area contributed by atoms with Crippen molar-refractivity contribution in [3.8, 4) is 5.75 Å². The lowest BCUT2D eigenvalue weighted by Crippen LogP contribution is -2.66. The number of morpholine rings is 1. The first-order chi connectivity index (χ1) is 19.9. The maximum absolute atomic E-state index is 16.0.